The smallest absolute Gasteiger partial charge is 0.263 e. The number of anilines is 1. The van der Waals surface area contributed by atoms with Crippen molar-refractivity contribution < 1.29 is 4.79 Å². The summed E-state index contributed by atoms with van der Waals surface area (Å²) < 4.78 is 1.10. The Morgan fingerprint density at radius 1 is 1.33 bits per heavy atom. The Kier molecular flexibility index (Phi) is 3.94. The minimum absolute atomic E-state index is 0.0803. The number of nitrogens with two attached hydrogens (primary N) is 1. The molecule has 0 aliphatic rings. The Morgan fingerprint density at radius 2 is 2.19 bits per heavy atom. The standard InChI is InChI=1S/C16H16N2OS2/c1-10-3-2-4-12-13(17)15(21-14(10)12)16(19)18-7-5-11-6-8-20-9-11/h2-4,6,8-9H,5,7,17H2,1H3,(H,18,19). The largest absolute Gasteiger partial charge is 0.397 e. The topological polar surface area (TPSA) is 55.1 Å². The van der Waals surface area contributed by atoms with E-state index in [2.05, 4.69) is 16.8 Å². The lowest BCUT2D eigenvalue weighted by atomic mass is 10.1. The molecule has 0 fully saturated rings. The molecule has 0 aliphatic heterocycles. The number of benzene rings is 1. The summed E-state index contributed by atoms with van der Waals surface area (Å²) in [5, 5.41) is 8.08. The molecule has 5 heteroatoms. The van der Waals surface area contributed by atoms with E-state index in [1.54, 1.807) is 11.3 Å². The van der Waals surface area contributed by atoms with E-state index in [1.807, 2.05) is 30.5 Å². The number of aryl methyl sites for hydroxylation is 1. The van der Waals surface area contributed by atoms with Crippen LogP contribution in [0.1, 0.15) is 20.8 Å². The van der Waals surface area contributed by atoms with Crippen LogP contribution in [-0.4, -0.2) is 12.5 Å². The Morgan fingerprint density at radius 3 is 2.90 bits per heavy atom. The maximum absolute atomic E-state index is 12.3. The summed E-state index contributed by atoms with van der Waals surface area (Å²) in [4.78, 5) is 12.9. The van der Waals surface area contributed by atoms with Gasteiger partial charge in [0.05, 0.1) is 5.69 Å². The van der Waals surface area contributed by atoms with E-state index in [0.717, 1.165) is 22.1 Å². The molecule has 0 radical (unpaired) electrons. The number of hydrogen-bond acceptors (Lipinski definition) is 4. The molecule has 108 valence electrons. The zero-order valence-electron chi connectivity index (χ0n) is 11.7. The molecule has 3 nitrogen and oxygen atoms in total. The number of nitrogens with one attached hydrogen (secondary N) is 1. The van der Waals surface area contributed by atoms with Crippen LogP contribution in [-0.2, 0) is 6.42 Å². The highest BCUT2D eigenvalue weighted by Gasteiger charge is 2.16. The highest BCUT2D eigenvalue weighted by atomic mass is 32.1. The van der Waals surface area contributed by atoms with Crippen molar-refractivity contribution in [2.24, 2.45) is 0 Å². The first-order valence-electron chi connectivity index (χ1n) is 6.73. The maximum Gasteiger partial charge on any atom is 0.263 e. The Hall–Kier alpha value is -1.85. The molecule has 3 N–H and O–H groups in total. The van der Waals surface area contributed by atoms with Gasteiger partial charge in [-0.1, -0.05) is 18.2 Å². The average Bonchev–Trinajstić information content (AvgIpc) is 3.08. The van der Waals surface area contributed by atoms with Crippen LogP contribution in [0.15, 0.2) is 35.0 Å². The van der Waals surface area contributed by atoms with Crippen LogP contribution in [0, 0.1) is 6.92 Å². The molecule has 21 heavy (non-hydrogen) atoms. The van der Waals surface area contributed by atoms with Crippen LogP contribution in [0.5, 0.6) is 0 Å². The summed E-state index contributed by atoms with van der Waals surface area (Å²) >= 11 is 3.14. The van der Waals surface area contributed by atoms with Crippen LogP contribution in [0.4, 0.5) is 5.69 Å². The number of hydrogen-bond donors (Lipinski definition) is 2. The summed E-state index contributed by atoms with van der Waals surface area (Å²) in [7, 11) is 0. The van der Waals surface area contributed by atoms with Crippen molar-refractivity contribution in [3.63, 3.8) is 0 Å². The Bertz CT molecular complexity index is 775. The average molecular weight is 316 g/mol. The second-order valence-corrected chi connectivity index (χ2v) is 6.73. The fraction of sp³-hybridized carbons (Fsp3) is 0.188. The first-order chi connectivity index (χ1) is 10.2. The van der Waals surface area contributed by atoms with Gasteiger partial charge in [0, 0.05) is 16.6 Å². The van der Waals surface area contributed by atoms with Gasteiger partial charge in [0.1, 0.15) is 4.88 Å². The quantitative estimate of drug-likeness (QED) is 0.768. The van der Waals surface area contributed by atoms with Gasteiger partial charge in [-0.3, -0.25) is 4.79 Å². The molecule has 3 aromatic rings. The fourth-order valence-electron chi connectivity index (χ4n) is 2.28. The third-order valence-corrected chi connectivity index (χ3v) is 5.52. The Balaban J connectivity index is 1.75. The van der Waals surface area contributed by atoms with Gasteiger partial charge in [-0.25, -0.2) is 0 Å². The summed E-state index contributed by atoms with van der Waals surface area (Å²) in [5.41, 5.74) is 9.12. The molecule has 0 saturated heterocycles. The highest BCUT2D eigenvalue weighted by molar-refractivity contribution is 7.21. The van der Waals surface area contributed by atoms with Gasteiger partial charge in [-0.05, 0) is 41.3 Å². The number of nitrogen functional groups attached to an aromatic ring is 1. The highest BCUT2D eigenvalue weighted by Crippen LogP contribution is 2.35. The third kappa shape index (κ3) is 2.80. The van der Waals surface area contributed by atoms with Crippen molar-refractivity contribution in [2.75, 3.05) is 12.3 Å². The second kappa shape index (κ2) is 5.87. The van der Waals surface area contributed by atoms with E-state index < -0.39 is 0 Å². The molecule has 2 aromatic heterocycles. The summed E-state index contributed by atoms with van der Waals surface area (Å²) in [5.74, 6) is -0.0803. The summed E-state index contributed by atoms with van der Waals surface area (Å²) in [6.07, 6.45) is 0.846. The van der Waals surface area contributed by atoms with Crippen LogP contribution >= 0.6 is 22.7 Å². The van der Waals surface area contributed by atoms with E-state index in [0.29, 0.717) is 17.1 Å². The fourth-order valence-corrected chi connectivity index (χ4v) is 4.09. The zero-order valence-corrected chi connectivity index (χ0v) is 13.3. The number of carbonyl (C=O) groups is 1. The minimum Gasteiger partial charge on any atom is -0.397 e. The second-order valence-electron chi connectivity index (χ2n) is 4.93. The third-order valence-electron chi connectivity index (χ3n) is 3.44. The molecule has 2 heterocycles. The van der Waals surface area contributed by atoms with Crippen molar-refractivity contribution in [1.29, 1.82) is 0 Å². The van der Waals surface area contributed by atoms with Crippen molar-refractivity contribution >= 4 is 44.4 Å². The van der Waals surface area contributed by atoms with Crippen LogP contribution in [0.3, 0.4) is 0 Å². The van der Waals surface area contributed by atoms with E-state index in [-0.39, 0.29) is 5.91 Å². The first kappa shape index (κ1) is 14.1. The molecular formula is C16H16N2OS2. The van der Waals surface area contributed by atoms with E-state index in [4.69, 9.17) is 5.73 Å². The van der Waals surface area contributed by atoms with Gasteiger partial charge in [-0.2, -0.15) is 11.3 Å². The van der Waals surface area contributed by atoms with Crippen molar-refractivity contribution in [3.8, 4) is 0 Å². The lowest BCUT2D eigenvalue weighted by molar-refractivity contribution is 0.0959. The zero-order chi connectivity index (χ0) is 14.8. The van der Waals surface area contributed by atoms with Crippen LogP contribution in [0.25, 0.3) is 10.1 Å². The van der Waals surface area contributed by atoms with Gasteiger partial charge >= 0.3 is 0 Å². The van der Waals surface area contributed by atoms with Gasteiger partial charge in [0.25, 0.3) is 5.91 Å². The van der Waals surface area contributed by atoms with Gasteiger partial charge in [0.2, 0.25) is 0 Å². The van der Waals surface area contributed by atoms with Crippen molar-refractivity contribution in [1.82, 2.24) is 5.32 Å². The van der Waals surface area contributed by atoms with Gasteiger partial charge in [-0.15, -0.1) is 11.3 Å². The van der Waals surface area contributed by atoms with Crippen LogP contribution in [0.2, 0.25) is 0 Å². The molecule has 0 aliphatic carbocycles. The lowest BCUT2D eigenvalue weighted by Gasteiger charge is -2.03. The number of thiophene rings is 2. The van der Waals surface area contributed by atoms with Crippen LogP contribution < -0.4 is 11.1 Å². The normalized spacial score (nSPS) is 10.9. The molecule has 0 spiro atoms. The maximum atomic E-state index is 12.3. The molecule has 0 bridgehead atoms. The van der Waals surface area contributed by atoms with Crippen molar-refractivity contribution in [2.45, 2.75) is 13.3 Å². The number of rotatable bonds is 4. The minimum atomic E-state index is -0.0803. The van der Waals surface area contributed by atoms with Crippen molar-refractivity contribution in [3.05, 3.63) is 51.0 Å². The summed E-state index contributed by atoms with van der Waals surface area (Å²) in [6, 6.07) is 8.06. The molecular weight excluding hydrogens is 300 g/mol. The molecule has 0 unspecified atom stereocenters. The molecule has 3 rings (SSSR count). The number of amides is 1. The molecule has 0 atom stereocenters. The predicted molar refractivity (Wildman–Crippen MR) is 91.3 cm³/mol. The number of carbonyl (C=O) groups excluding carboxylic acids is 1. The SMILES string of the molecule is Cc1cccc2c(N)c(C(=O)NCCc3ccsc3)sc12. The molecule has 1 amide bonds. The van der Waals surface area contributed by atoms with E-state index in [1.165, 1.54) is 16.9 Å². The first-order valence-corrected chi connectivity index (χ1v) is 8.49. The monoisotopic (exact) mass is 316 g/mol. The lowest BCUT2D eigenvalue weighted by Crippen LogP contribution is -2.25. The number of fused-ring (bicyclic) bond motifs is 1. The predicted octanol–water partition coefficient (Wildman–Crippen LogP) is 3.83. The molecule has 1 aromatic carbocycles. The Labute approximate surface area is 131 Å². The summed E-state index contributed by atoms with van der Waals surface area (Å²) in [6.45, 7) is 2.67. The van der Waals surface area contributed by atoms with E-state index in [9.17, 15) is 4.79 Å². The van der Waals surface area contributed by atoms with E-state index >= 15 is 0 Å². The molecule has 0 saturated carbocycles. The van der Waals surface area contributed by atoms with Gasteiger partial charge in [0.15, 0.2) is 0 Å². The van der Waals surface area contributed by atoms with Gasteiger partial charge < -0.3 is 11.1 Å².